The van der Waals surface area contributed by atoms with Crippen LogP contribution in [0.3, 0.4) is 0 Å². The van der Waals surface area contributed by atoms with E-state index in [-0.39, 0.29) is 0 Å². The minimum atomic E-state index is -0.972. The van der Waals surface area contributed by atoms with Crippen LogP contribution in [-0.4, -0.2) is 8.07 Å². The summed E-state index contributed by atoms with van der Waals surface area (Å²) in [6.07, 6.45) is 0. The summed E-state index contributed by atoms with van der Waals surface area (Å²) in [5.41, 5.74) is 4.23. The monoisotopic (exact) mass is 192 g/mol. The fraction of sp³-hybridized carbons (Fsp3) is 0.400. The van der Waals surface area contributed by atoms with Gasteiger partial charge in [-0.1, -0.05) is 18.7 Å². The van der Waals surface area contributed by atoms with Crippen LogP contribution in [0.5, 0.6) is 0 Å². The SMILES string of the molecule is CC1=C2c3sccc3C1[Si]2(C)C. The Hall–Kier alpha value is -0.343. The van der Waals surface area contributed by atoms with Crippen LogP contribution in [0.15, 0.2) is 17.0 Å². The van der Waals surface area contributed by atoms with Gasteiger partial charge in [0, 0.05) is 10.4 Å². The molecule has 62 valence electrons. The first-order valence-electron chi connectivity index (χ1n) is 4.43. The minimum Gasteiger partial charge on any atom is -0.144 e. The average Bonchev–Trinajstić information content (AvgIpc) is 2.48. The van der Waals surface area contributed by atoms with E-state index in [0.29, 0.717) is 0 Å². The van der Waals surface area contributed by atoms with E-state index in [0.717, 1.165) is 5.54 Å². The largest absolute Gasteiger partial charge is 0.144 e. The molecule has 0 nitrogen and oxygen atoms in total. The highest BCUT2D eigenvalue weighted by Gasteiger charge is 2.55. The lowest BCUT2D eigenvalue weighted by Crippen LogP contribution is -2.41. The van der Waals surface area contributed by atoms with Crippen LogP contribution >= 0.6 is 11.3 Å². The fourth-order valence-electron chi connectivity index (χ4n) is 3.10. The second-order valence-electron chi connectivity index (χ2n) is 4.42. The van der Waals surface area contributed by atoms with Gasteiger partial charge >= 0.3 is 0 Å². The maximum Gasteiger partial charge on any atom is 0.0941 e. The number of hydrogen-bond donors (Lipinski definition) is 0. The molecular weight excluding hydrogens is 180 g/mol. The van der Waals surface area contributed by atoms with Gasteiger partial charge in [0.15, 0.2) is 0 Å². The summed E-state index contributed by atoms with van der Waals surface area (Å²) in [7, 11) is -0.972. The van der Waals surface area contributed by atoms with Crippen LogP contribution < -0.4 is 0 Å². The van der Waals surface area contributed by atoms with Crippen molar-refractivity contribution in [3.05, 3.63) is 27.5 Å². The van der Waals surface area contributed by atoms with Gasteiger partial charge < -0.3 is 0 Å². The summed E-state index contributed by atoms with van der Waals surface area (Å²) in [6.45, 7) is 7.34. The zero-order valence-electron chi connectivity index (χ0n) is 7.64. The third kappa shape index (κ3) is 0.510. The molecule has 0 radical (unpaired) electrons. The van der Waals surface area contributed by atoms with Crippen molar-refractivity contribution >= 4 is 24.6 Å². The highest BCUT2D eigenvalue weighted by atomic mass is 32.1. The Morgan fingerprint density at radius 1 is 1.42 bits per heavy atom. The summed E-state index contributed by atoms with van der Waals surface area (Å²) in [5.74, 6) is 0. The predicted molar refractivity (Wildman–Crippen MR) is 57.1 cm³/mol. The Labute approximate surface area is 77.9 Å². The second-order valence-corrected chi connectivity index (χ2v) is 9.85. The maximum absolute atomic E-state index is 2.51. The topological polar surface area (TPSA) is 0 Å². The predicted octanol–water partition coefficient (Wildman–Crippen LogP) is 3.42. The van der Waals surface area contributed by atoms with E-state index in [9.17, 15) is 0 Å². The molecule has 2 heteroatoms. The molecule has 0 aromatic carbocycles. The molecule has 3 aliphatic rings. The smallest absolute Gasteiger partial charge is 0.0941 e. The first-order chi connectivity index (χ1) is 5.64. The Kier molecular flexibility index (Phi) is 1.05. The standard InChI is InChI=1S/C10H12SSi/c1-6-9-7-4-5-11-8(7)10(6)12(9,2)3/h4-5,9H,1-3H3. The zero-order chi connectivity index (χ0) is 8.51. The normalized spacial score (nSPS) is 28.8. The maximum atomic E-state index is 2.51. The van der Waals surface area contributed by atoms with E-state index >= 15 is 0 Å². The Bertz CT molecular complexity index is 398. The molecular formula is C10H12SSi. The van der Waals surface area contributed by atoms with Crippen LogP contribution in [0.25, 0.3) is 5.20 Å². The van der Waals surface area contributed by atoms with Gasteiger partial charge in [0.1, 0.15) is 0 Å². The lowest BCUT2D eigenvalue weighted by atomic mass is 10.2. The van der Waals surface area contributed by atoms with Gasteiger partial charge in [-0.05, 0) is 29.1 Å². The molecule has 0 spiro atoms. The molecule has 2 aliphatic heterocycles. The van der Waals surface area contributed by atoms with E-state index in [2.05, 4.69) is 31.5 Å². The lowest BCUT2D eigenvalue weighted by Gasteiger charge is -2.38. The van der Waals surface area contributed by atoms with Crippen LogP contribution in [0.2, 0.25) is 13.1 Å². The molecule has 3 heterocycles. The van der Waals surface area contributed by atoms with Gasteiger partial charge in [-0.2, -0.15) is 0 Å². The van der Waals surface area contributed by atoms with Gasteiger partial charge in [-0.3, -0.25) is 0 Å². The third-order valence-corrected chi connectivity index (χ3v) is 8.68. The summed E-state index contributed by atoms with van der Waals surface area (Å²) in [6, 6.07) is 2.34. The molecule has 1 aromatic rings. The van der Waals surface area contributed by atoms with Crippen LogP contribution in [0, 0.1) is 0 Å². The molecule has 0 saturated carbocycles. The number of rotatable bonds is 0. The van der Waals surface area contributed by atoms with Crippen molar-refractivity contribution in [2.24, 2.45) is 0 Å². The summed E-state index contributed by atoms with van der Waals surface area (Å²) in [4.78, 5) is 1.63. The van der Waals surface area contributed by atoms with Crippen LogP contribution in [-0.2, 0) is 0 Å². The quantitative estimate of drug-likeness (QED) is 0.553. The number of thiophene rings is 1. The van der Waals surface area contributed by atoms with E-state index in [4.69, 9.17) is 0 Å². The van der Waals surface area contributed by atoms with E-state index in [1.165, 1.54) is 0 Å². The van der Waals surface area contributed by atoms with Crippen LogP contribution in [0.4, 0.5) is 0 Å². The molecule has 0 saturated heterocycles. The van der Waals surface area contributed by atoms with Gasteiger partial charge in [-0.25, -0.2) is 0 Å². The molecule has 0 N–H and O–H groups in total. The Morgan fingerprint density at radius 2 is 2.17 bits per heavy atom. The Balaban J connectivity index is 2.31. The molecule has 1 aliphatic carbocycles. The first kappa shape index (κ1) is 7.10. The Morgan fingerprint density at radius 3 is 2.75 bits per heavy atom. The highest BCUT2D eigenvalue weighted by Crippen LogP contribution is 2.62. The van der Waals surface area contributed by atoms with E-state index < -0.39 is 8.07 Å². The van der Waals surface area contributed by atoms with Gasteiger partial charge in [-0.15, -0.1) is 11.3 Å². The molecule has 0 fully saturated rings. The lowest BCUT2D eigenvalue weighted by molar-refractivity contribution is 1.06. The first-order valence-corrected chi connectivity index (χ1v) is 8.38. The average molecular weight is 192 g/mol. The zero-order valence-corrected chi connectivity index (χ0v) is 9.46. The van der Waals surface area contributed by atoms with Gasteiger partial charge in [0.25, 0.3) is 0 Å². The van der Waals surface area contributed by atoms with E-state index in [1.54, 1.807) is 21.2 Å². The summed E-state index contributed by atoms with van der Waals surface area (Å²) < 4.78 is 0. The van der Waals surface area contributed by atoms with Gasteiger partial charge in [0.05, 0.1) is 8.07 Å². The van der Waals surface area contributed by atoms with Crippen molar-refractivity contribution in [3.63, 3.8) is 0 Å². The summed E-state index contributed by atoms with van der Waals surface area (Å²) in [5, 5.41) is 4.02. The molecule has 0 amide bonds. The number of allylic oxidation sites excluding steroid dienone is 1. The van der Waals surface area contributed by atoms with Crippen LogP contribution in [0.1, 0.15) is 22.9 Å². The fourth-order valence-corrected chi connectivity index (χ4v) is 9.32. The van der Waals surface area contributed by atoms with Crippen molar-refractivity contribution in [2.45, 2.75) is 25.6 Å². The molecule has 1 unspecified atom stereocenters. The second kappa shape index (κ2) is 1.78. The molecule has 1 atom stereocenters. The molecule has 1 aromatic heterocycles. The molecule has 2 bridgehead atoms. The van der Waals surface area contributed by atoms with E-state index in [1.807, 2.05) is 11.3 Å². The molecule has 12 heavy (non-hydrogen) atoms. The molecule has 4 rings (SSSR count). The minimum absolute atomic E-state index is 0.883. The van der Waals surface area contributed by atoms with Crippen molar-refractivity contribution in [1.29, 1.82) is 0 Å². The third-order valence-electron chi connectivity index (χ3n) is 3.43. The number of hydrogen-bond acceptors (Lipinski definition) is 1. The van der Waals surface area contributed by atoms with Crippen molar-refractivity contribution in [2.75, 3.05) is 0 Å². The highest BCUT2D eigenvalue weighted by molar-refractivity contribution is 7.17. The van der Waals surface area contributed by atoms with Crippen molar-refractivity contribution in [1.82, 2.24) is 0 Å². The van der Waals surface area contributed by atoms with Crippen molar-refractivity contribution in [3.8, 4) is 0 Å². The van der Waals surface area contributed by atoms with Gasteiger partial charge in [0.2, 0.25) is 0 Å². The summed E-state index contributed by atoms with van der Waals surface area (Å²) >= 11 is 1.94. The van der Waals surface area contributed by atoms with Crippen molar-refractivity contribution < 1.29 is 0 Å².